The molecule has 1 saturated heterocycles. The molecule has 2 heterocycles. The molecule has 2 rings (SSSR count). The molecule has 0 radical (unpaired) electrons. The van der Waals surface area contributed by atoms with Crippen LogP contribution in [0.1, 0.15) is 26.7 Å². The van der Waals surface area contributed by atoms with Gasteiger partial charge in [-0.1, -0.05) is 13.3 Å². The number of nitrogens with one attached hydrogen (secondary N) is 1. The highest BCUT2D eigenvalue weighted by Crippen LogP contribution is 2.30. The second-order valence-electron chi connectivity index (χ2n) is 4.40. The summed E-state index contributed by atoms with van der Waals surface area (Å²) >= 11 is 3.54. The summed E-state index contributed by atoms with van der Waals surface area (Å²) in [5.41, 5.74) is 0. The van der Waals surface area contributed by atoms with Gasteiger partial charge in [-0.15, -0.1) is 0 Å². The lowest BCUT2D eigenvalue weighted by molar-refractivity contribution is 0.568. The van der Waals surface area contributed by atoms with E-state index in [1.807, 2.05) is 13.1 Å². The van der Waals surface area contributed by atoms with Gasteiger partial charge in [-0.25, -0.2) is 4.98 Å². The van der Waals surface area contributed by atoms with Crippen LogP contribution < -0.4 is 10.2 Å². The summed E-state index contributed by atoms with van der Waals surface area (Å²) in [6, 6.07) is 0. The van der Waals surface area contributed by atoms with E-state index in [2.05, 4.69) is 43.0 Å². The van der Waals surface area contributed by atoms with Gasteiger partial charge in [0.1, 0.15) is 5.82 Å². The van der Waals surface area contributed by atoms with Gasteiger partial charge in [0.2, 0.25) is 5.95 Å². The molecule has 1 N–H and O–H groups in total. The van der Waals surface area contributed by atoms with E-state index in [0.29, 0.717) is 5.95 Å². The third-order valence-corrected chi connectivity index (χ3v) is 3.78. The predicted molar refractivity (Wildman–Crippen MR) is 74.5 cm³/mol. The van der Waals surface area contributed by atoms with Gasteiger partial charge in [0.25, 0.3) is 0 Å². The largest absolute Gasteiger partial charge is 0.355 e. The van der Waals surface area contributed by atoms with Crippen LogP contribution in [0.4, 0.5) is 11.8 Å². The first-order chi connectivity index (χ1) is 8.24. The Kier molecular flexibility index (Phi) is 4.20. The zero-order chi connectivity index (χ0) is 12.3. The zero-order valence-electron chi connectivity index (χ0n) is 10.4. The summed E-state index contributed by atoms with van der Waals surface area (Å²) in [5, 5.41) is 3.15. The minimum Gasteiger partial charge on any atom is -0.355 e. The molecule has 0 saturated carbocycles. The number of nitrogens with zero attached hydrogens (tertiary/aromatic N) is 3. The summed E-state index contributed by atoms with van der Waals surface area (Å²) in [6.07, 6.45) is 4.35. The average Bonchev–Trinajstić information content (AvgIpc) is 2.80. The smallest absolute Gasteiger partial charge is 0.224 e. The fourth-order valence-corrected chi connectivity index (χ4v) is 2.62. The van der Waals surface area contributed by atoms with Crippen LogP contribution in [0.25, 0.3) is 0 Å². The Morgan fingerprint density at radius 2 is 2.35 bits per heavy atom. The van der Waals surface area contributed by atoms with Crippen molar-refractivity contribution in [1.29, 1.82) is 0 Å². The molecule has 0 aromatic carbocycles. The number of hydrogen-bond donors (Lipinski definition) is 1. The van der Waals surface area contributed by atoms with Gasteiger partial charge in [-0.05, 0) is 35.2 Å². The van der Waals surface area contributed by atoms with Crippen molar-refractivity contribution in [2.24, 2.45) is 5.92 Å². The number of halogens is 1. The van der Waals surface area contributed by atoms with Crippen molar-refractivity contribution in [3.8, 4) is 0 Å². The number of hydrogen-bond acceptors (Lipinski definition) is 4. The molecule has 1 aliphatic heterocycles. The Hall–Kier alpha value is -0.840. The summed E-state index contributed by atoms with van der Waals surface area (Å²) < 4.78 is 0.982. The molecular weight excluding hydrogens is 280 g/mol. The van der Waals surface area contributed by atoms with Gasteiger partial charge < -0.3 is 10.2 Å². The maximum absolute atomic E-state index is 4.57. The molecule has 0 amide bonds. The van der Waals surface area contributed by atoms with Gasteiger partial charge in [-0.3, -0.25) is 0 Å². The van der Waals surface area contributed by atoms with E-state index in [0.717, 1.165) is 35.8 Å². The van der Waals surface area contributed by atoms with E-state index in [1.165, 1.54) is 12.8 Å². The van der Waals surface area contributed by atoms with Crippen molar-refractivity contribution in [2.45, 2.75) is 26.7 Å². The van der Waals surface area contributed by atoms with Gasteiger partial charge in [0.05, 0.1) is 4.47 Å². The molecule has 1 atom stereocenters. The Bertz CT molecular complexity index is 383. The highest BCUT2D eigenvalue weighted by Gasteiger charge is 2.23. The summed E-state index contributed by atoms with van der Waals surface area (Å²) in [5.74, 6) is 2.54. The quantitative estimate of drug-likeness (QED) is 0.928. The molecule has 1 aliphatic rings. The lowest BCUT2D eigenvalue weighted by Gasteiger charge is -2.19. The number of aromatic nitrogens is 2. The first-order valence-corrected chi connectivity index (χ1v) is 7.05. The van der Waals surface area contributed by atoms with E-state index in [4.69, 9.17) is 0 Å². The molecule has 5 heteroatoms. The Morgan fingerprint density at radius 3 is 3.00 bits per heavy atom. The second kappa shape index (κ2) is 5.67. The van der Waals surface area contributed by atoms with Crippen molar-refractivity contribution in [3.05, 3.63) is 10.7 Å². The summed E-state index contributed by atoms with van der Waals surface area (Å²) in [6.45, 7) is 7.36. The topological polar surface area (TPSA) is 41.1 Å². The molecule has 1 aromatic heterocycles. The van der Waals surface area contributed by atoms with E-state index >= 15 is 0 Å². The van der Waals surface area contributed by atoms with Gasteiger partial charge in [0.15, 0.2) is 0 Å². The van der Waals surface area contributed by atoms with Crippen LogP contribution in [-0.4, -0.2) is 29.6 Å². The Labute approximate surface area is 111 Å². The zero-order valence-corrected chi connectivity index (χ0v) is 12.0. The van der Waals surface area contributed by atoms with E-state index in [9.17, 15) is 0 Å². The maximum Gasteiger partial charge on any atom is 0.224 e. The first-order valence-electron chi connectivity index (χ1n) is 6.26. The molecular formula is C12H19BrN4. The van der Waals surface area contributed by atoms with Crippen LogP contribution in [0, 0.1) is 5.92 Å². The minimum atomic E-state index is 0.714. The molecule has 4 nitrogen and oxygen atoms in total. The number of rotatable bonds is 4. The monoisotopic (exact) mass is 298 g/mol. The van der Waals surface area contributed by atoms with Crippen molar-refractivity contribution in [1.82, 2.24) is 9.97 Å². The molecule has 94 valence electrons. The molecule has 1 aromatic rings. The lowest BCUT2D eigenvalue weighted by atomic mass is 10.1. The molecule has 0 aliphatic carbocycles. The first kappa shape index (κ1) is 12.6. The van der Waals surface area contributed by atoms with Gasteiger partial charge in [-0.2, -0.15) is 4.98 Å². The standard InChI is InChI=1S/C12H19BrN4/c1-3-9-5-6-17(8-9)11-10(13)7-15-12(16-11)14-4-2/h7,9H,3-6,8H2,1-2H3,(H,14,15,16). The van der Waals surface area contributed by atoms with Gasteiger partial charge in [0, 0.05) is 25.8 Å². The summed E-state index contributed by atoms with van der Waals surface area (Å²) in [4.78, 5) is 11.2. The normalized spacial score (nSPS) is 19.7. The fraction of sp³-hybridized carbons (Fsp3) is 0.667. The van der Waals surface area contributed by atoms with Crippen molar-refractivity contribution in [2.75, 3.05) is 29.9 Å². The molecule has 17 heavy (non-hydrogen) atoms. The van der Waals surface area contributed by atoms with Gasteiger partial charge >= 0.3 is 0 Å². The van der Waals surface area contributed by atoms with Crippen molar-refractivity contribution in [3.63, 3.8) is 0 Å². The van der Waals surface area contributed by atoms with Crippen LogP contribution in [-0.2, 0) is 0 Å². The lowest BCUT2D eigenvalue weighted by Crippen LogP contribution is -2.22. The maximum atomic E-state index is 4.57. The van der Waals surface area contributed by atoms with Crippen molar-refractivity contribution >= 4 is 27.7 Å². The predicted octanol–water partition coefficient (Wildman–Crippen LogP) is 2.91. The second-order valence-corrected chi connectivity index (χ2v) is 5.26. The van der Waals surface area contributed by atoms with E-state index in [1.54, 1.807) is 0 Å². The molecule has 1 fully saturated rings. The minimum absolute atomic E-state index is 0.714. The van der Waals surface area contributed by atoms with E-state index in [-0.39, 0.29) is 0 Å². The number of anilines is 2. The highest BCUT2D eigenvalue weighted by molar-refractivity contribution is 9.10. The molecule has 0 spiro atoms. The molecule has 1 unspecified atom stereocenters. The summed E-state index contributed by atoms with van der Waals surface area (Å²) in [7, 11) is 0. The SMILES string of the molecule is CCNc1ncc(Br)c(N2CCC(CC)C2)n1. The highest BCUT2D eigenvalue weighted by atomic mass is 79.9. The van der Waals surface area contributed by atoms with Crippen molar-refractivity contribution < 1.29 is 0 Å². The Morgan fingerprint density at radius 1 is 1.53 bits per heavy atom. The third kappa shape index (κ3) is 2.89. The van der Waals surface area contributed by atoms with Crippen LogP contribution in [0.2, 0.25) is 0 Å². The van der Waals surface area contributed by atoms with Crippen LogP contribution in [0.5, 0.6) is 0 Å². The average molecular weight is 299 g/mol. The van der Waals surface area contributed by atoms with Crippen LogP contribution >= 0.6 is 15.9 Å². The molecule has 0 bridgehead atoms. The van der Waals surface area contributed by atoms with Crippen LogP contribution in [0.3, 0.4) is 0 Å². The van der Waals surface area contributed by atoms with E-state index < -0.39 is 0 Å². The third-order valence-electron chi connectivity index (χ3n) is 3.22. The fourth-order valence-electron chi connectivity index (χ4n) is 2.18. The Balaban J connectivity index is 2.16. The van der Waals surface area contributed by atoms with Crippen LogP contribution in [0.15, 0.2) is 10.7 Å².